The smallest absolute Gasteiger partial charge is 0.408 e. The van der Waals surface area contributed by atoms with Crippen molar-refractivity contribution < 1.29 is 14.3 Å². The van der Waals surface area contributed by atoms with Gasteiger partial charge in [-0.1, -0.05) is 71.9 Å². The minimum Gasteiger partial charge on any atom is -0.445 e. The van der Waals surface area contributed by atoms with Crippen molar-refractivity contribution in [1.29, 1.82) is 0 Å². The lowest BCUT2D eigenvalue weighted by Crippen LogP contribution is -2.46. The maximum absolute atomic E-state index is 12.2. The number of amides is 1. The fourth-order valence-electron chi connectivity index (χ4n) is 3.08. The Labute approximate surface area is 146 Å². The number of ketones is 1. The predicted molar refractivity (Wildman–Crippen MR) is 93.5 cm³/mol. The van der Waals surface area contributed by atoms with Crippen molar-refractivity contribution in [3.8, 4) is 0 Å². The first kappa shape index (κ1) is 18.0. The third-order valence-corrected chi connectivity index (χ3v) is 4.89. The van der Waals surface area contributed by atoms with Gasteiger partial charge >= 0.3 is 6.09 Å². The molecule has 0 unspecified atom stereocenters. The van der Waals surface area contributed by atoms with Gasteiger partial charge in [-0.05, 0) is 24.3 Å². The number of hydrogen-bond acceptors (Lipinski definition) is 3. The first-order valence-corrected chi connectivity index (χ1v) is 9.38. The van der Waals surface area contributed by atoms with E-state index in [4.69, 9.17) is 4.74 Å². The van der Waals surface area contributed by atoms with Gasteiger partial charge in [0.05, 0.1) is 11.4 Å². The van der Waals surface area contributed by atoms with Crippen LogP contribution in [0, 0.1) is 5.92 Å². The monoisotopic (exact) mass is 381 g/mol. The largest absolute Gasteiger partial charge is 0.445 e. The molecule has 0 heterocycles. The lowest BCUT2D eigenvalue weighted by atomic mass is 9.89. The predicted octanol–water partition coefficient (Wildman–Crippen LogP) is 4.22. The molecule has 0 spiro atoms. The van der Waals surface area contributed by atoms with E-state index in [9.17, 15) is 9.59 Å². The van der Waals surface area contributed by atoms with Crippen LogP contribution in [-0.2, 0) is 16.1 Å². The van der Waals surface area contributed by atoms with E-state index in [1.54, 1.807) is 0 Å². The van der Waals surface area contributed by atoms with E-state index in [-0.39, 0.29) is 23.6 Å². The average molecular weight is 382 g/mol. The molecule has 1 aliphatic rings. The van der Waals surface area contributed by atoms with Crippen LogP contribution in [0.25, 0.3) is 0 Å². The Bertz CT molecular complexity index is 498. The van der Waals surface area contributed by atoms with Crippen LogP contribution in [-0.4, -0.2) is 23.2 Å². The summed E-state index contributed by atoms with van der Waals surface area (Å²) in [5, 5.41) is 3.05. The summed E-state index contributed by atoms with van der Waals surface area (Å²) < 4.78 is 5.26. The Balaban J connectivity index is 1.91. The van der Waals surface area contributed by atoms with E-state index in [1.807, 2.05) is 30.3 Å². The Hall–Kier alpha value is -1.36. The SMILES string of the molecule is O=C(N[C@H](C(=O)CBr)C1CCCCCC1)OCc1ccccc1. The number of rotatable bonds is 6. The van der Waals surface area contributed by atoms with Gasteiger partial charge in [0.2, 0.25) is 0 Å². The number of nitrogens with one attached hydrogen (secondary N) is 1. The van der Waals surface area contributed by atoms with E-state index < -0.39 is 12.1 Å². The molecule has 0 aliphatic heterocycles. The van der Waals surface area contributed by atoms with Gasteiger partial charge in [0.15, 0.2) is 5.78 Å². The Morgan fingerprint density at radius 2 is 1.78 bits per heavy atom. The molecule has 1 aromatic rings. The van der Waals surface area contributed by atoms with Gasteiger partial charge in [-0.2, -0.15) is 0 Å². The quantitative estimate of drug-likeness (QED) is 0.592. The van der Waals surface area contributed by atoms with Crippen molar-refractivity contribution >= 4 is 27.8 Å². The zero-order valence-corrected chi connectivity index (χ0v) is 14.9. The van der Waals surface area contributed by atoms with Crippen LogP contribution < -0.4 is 5.32 Å². The zero-order chi connectivity index (χ0) is 16.5. The van der Waals surface area contributed by atoms with Gasteiger partial charge in [0, 0.05) is 0 Å². The second kappa shape index (κ2) is 9.71. The lowest BCUT2D eigenvalue weighted by Gasteiger charge is -2.25. The maximum atomic E-state index is 12.2. The summed E-state index contributed by atoms with van der Waals surface area (Å²) in [6, 6.07) is 9.08. The molecule has 23 heavy (non-hydrogen) atoms. The molecule has 5 heteroatoms. The molecule has 1 saturated carbocycles. The molecule has 1 amide bonds. The Kier molecular flexibility index (Phi) is 7.59. The lowest BCUT2D eigenvalue weighted by molar-refractivity contribution is -0.119. The van der Waals surface area contributed by atoms with Crippen LogP contribution in [0.2, 0.25) is 0 Å². The van der Waals surface area contributed by atoms with E-state index in [0.717, 1.165) is 31.2 Å². The Morgan fingerprint density at radius 1 is 1.13 bits per heavy atom. The standard InChI is InChI=1S/C18H24BrNO3/c19-12-16(21)17(15-10-6-1-2-7-11-15)20-18(22)23-13-14-8-4-3-5-9-14/h3-5,8-9,15,17H,1-2,6-7,10-13H2,(H,20,22)/t17-/m0/s1. The molecule has 1 atom stereocenters. The second-order valence-electron chi connectivity index (χ2n) is 6.04. The van der Waals surface area contributed by atoms with Gasteiger partial charge in [0.25, 0.3) is 0 Å². The molecule has 126 valence electrons. The van der Waals surface area contributed by atoms with Gasteiger partial charge in [0.1, 0.15) is 6.61 Å². The molecule has 1 aromatic carbocycles. The van der Waals surface area contributed by atoms with E-state index in [1.165, 1.54) is 12.8 Å². The first-order chi connectivity index (χ1) is 11.2. The summed E-state index contributed by atoms with van der Waals surface area (Å²) in [5.74, 6) is 0.236. The molecular formula is C18H24BrNO3. The highest BCUT2D eigenvalue weighted by atomic mass is 79.9. The van der Waals surface area contributed by atoms with E-state index in [0.29, 0.717) is 0 Å². The highest BCUT2D eigenvalue weighted by Crippen LogP contribution is 2.26. The summed E-state index contributed by atoms with van der Waals surface area (Å²) in [7, 11) is 0. The second-order valence-corrected chi connectivity index (χ2v) is 6.60. The van der Waals surface area contributed by atoms with Crippen LogP contribution in [0.4, 0.5) is 4.79 Å². The van der Waals surface area contributed by atoms with Crippen molar-refractivity contribution in [3.63, 3.8) is 0 Å². The Morgan fingerprint density at radius 3 is 2.39 bits per heavy atom. The molecule has 1 N–H and O–H groups in total. The van der Waals surface area contributed by atoms with E-state index in [2.05, 4.69) is 21.2 Å². The number of hydrogen-bond donors (Lipinski definition) is 1. The number of carbonyl (C=O) groups is 2. The molecule has 2 rings (SSSR count). The third-order valence-electron chi connectivity index (χ3n) is 4.34. The van der Waals surface area contributed by atoms with Crippen LogP contribution in [0.3, 0.4) is 0 Å². The van der Waals surface area contributed by atoms with Gasteiger partial charge < -0.3 is 10.1 Å². The first-order valence-electron chi connectivity index (χ1n) is 8.26. The zero-order valence-electron chi connectivity index (χ0n) is 13.3. The summed E-state index contributed by atoms with van der Waals surface area (Å²) in [6.45, 7) is 0.215. The molecule has 0 radical (unpaired) electrons. The number of Topliss-reactive ketones (excluding diaryl/α,β-unsaturated/α-hetero) is 1. The molecule has 0 saturated heterocycles. The number of alkyl carbamates (subject to hydrolysis) is 1. The molecule has 1 fully saturated rings. The van der Waals surface area contributed by atoms with Crippen LogP contribution in [0.1, 0.15) is 44.1 Å². The van der Waals surface area contributed by atoms with Crippen molar-refractivity contribution in [3.05, 3.63) is 35.9 Å². The van der Waals surface area contributed by atoms with Crippen LogP contribution >= 0.6 is 15.9 Å². The number of carbonyl (C=O) groups excluding carboxylic acids is 2. The molecule has 0 bridgehead atoms. The van der Waals surface area contributed by atoms with Crippen LogP contribution in [0.15, 0.2) is 30.3 Å². The number of benzene rings is 1. The number of alkyl halides is 1. The average Bonchev–Trinajstić information content (AvgIpc) is 2.87. The summed E-state index contributed by atoms with van der Waals surface area (Å²) >= 11 is 3.23. The summed E-state index contributed by atoms with van der Waals surface area (Å²) in [4.78, 5) is 24.3. The van der Waals surface area contributed by atoms with Crippen molar-refractivity contribution in [2.45, 2.75) is 51.2 Å². The number of halogens is 1. The summed E-state index contributed by atoms with van der Waals surface area (Å²) in [6.07, 6.45) is 6.13. The summed E-state index contributed by atoms with van der Waals surface area (Å²) in [5.41, 5.74) is 0.931. The van der Waals surface area contributed by atoms with Crippen molar-refractivity contribution in [2.75, 3.05) is 5.33 Å². The maximum Gasteiger partial charge on any atom is 0.408 e. The van der Waals surface area contributed by atoms with Gasteiger partial charge in [-0.15, -0.1) is 0 Å². The highest BCUT2D eigenvalue weighted by molar-refractivity contribution is 9.09. The van der Waals surface area contributed by atoms with Gasteiger partial charge in [-0.25, -0.2) is 4.79 Å². The van der Waals surface area contributed by atoms with Crippen molar-refractivity contribution in [1.82, 2.24) is 5.32 Å². The normalized spacial score (nSPS) is 17.1. The topological polar surface area (TPSA) is 55.4 Å². The van der Waals surface area contributed by atoms with E-state index >= 15 is 0 Å². The van der Waals surface area contributed by atoms with Crippen molar-refractivity contribution in [2.24, 2.45) is 5.92 Å². The van der Waals surface area contributed by atoms with Gasteiger partial charge in [-0.3, -0.25) is 4.79 Å². The minimum atomic E-state index is -0.516. The fraction of sp³-hybridized carbons (Fsp3) is 0.556. The molecule has 1 aliphatic carbocycles. The molecular weight excluding hydrogens is 358 g/mol. The minimum absolute atomic E-state index is 0.0218. The third kappa shape index (κ3) is 5.98. The molecule has 4 nitrogen and oxygen atoms in total. The molecule has 0 aromatic heterocycles. The number of ether oxygens (including phenoxy) is 1. The highest BCUT2D eigenvalue weighted by Gasteiger charge is 2.29. The fourth-order valence-corrected chi connectivity index (χ4v) is 3.43. The van der Waals surface area contributed by atoms with Crippen LogP contribution in [0.5, 0.6) is 0 Å².